The highest BCUT2D eigenvalue weighted by Gasteiger charge is 2.59. The Balaban J connectivity index is 1.47. The number of fused-ring (bicyclic) bond motifs is 5. The monoisotopic (exact) mass is 414 g/mol. The predicted molar refractivity (Wildman–Crippen MR) is 128 cm³/mol. The fourth-order valence-corrected chi connectivity index (χ4v) is 9.30. The molecule has 3 fully saturated rings. The molecule has 0 amide bonds. The van der Waals surface area contributed by atoms with Gasteiger partial charge in [-0.3, -0.25) is 0 Å². The first-order valence-corrected chi connectivity index (χ1v) is 13.6. The van der Waals surface area contributed by atoms with Gasteiger partial charge >= 0.3 is 0 Å². The summed E-state index contributed by atoms with van der Waals surface area (Å²) >= 11 is 0. The van der Waals surface area contributed by atoms with Gasteiger partial charge in [-0.05, 0) is 110 Å². The second kappa shape index (κ2) is 8.57. The van der Waals surface area contributed by atoms with Crippen LogP contribution in [0.25, 0.3) is 0 Å². The topological polar surface area (TPSA) is 20.2 Å². The Morgan fingerprint density at radius 2 is 1.77 bits per heavy atom. The van der Waals surface area contributed by atoms with Crippen molar-refractivity contribution in [2.45, 2.75) is 118 Å². The van der Waals surface area contributed by atoms with Gasteiger partial charge < -0.3 is 5.11 Å². The molecule has 4 aliphatic carbocycles. The quantitative estimate of drug-likeness (QED) is 0.436. The molecule has 172 valence electrons. The highest BCUT2D eigenvalue weighted by Crippen LogP contribution is 2.67. The minimum absolute atomic E-state index is 0.0794. The summed E-state index contributed by atoms with van der Waals surface area (Å²) in [5.41, 5.74) is 2.59. The lowest BCUT2D eigenvalue weighted by Crippen LogP contribution is -2.50. The van der Waals surface area contributed by atoms with Crippen molar-refractivity contribution in [2.75, 3.05) is 0 Å². The van der Waals surface area contributed by atoms with Crippen LogP contribution in [0.1, 0.15) is 112 Å². The van der Waals surface area contributed by atoms with E-state index in [9.17, 15) is 5.11 Å². The Hall–Kier alpha value is -0.300. The minimum Gasteiger partial charge on any atom is -0.393 e. The zero-order chi connectivity index (χ0) is 21.7. The van der Waals surface area contributed by atoms with E-state index in [0.29, 0.717) is 10.8 Å². The maximum absolute atomic E-state index is 10.2. The summed E-state index contributed by atoms with van der Waals surface area (Å²) in [5.74, 6) is 6.31. The molecule has 0 unspecified atom stereocenters. The predicted octanol–water partition coefficient (Wildman–Crippen LogP) is 8.02. The molecule has 4 rings (SSSR count). The van der Waals surface area contributed by atoms with Crippen molar-refractivity contribution < 1.29 is 5.11 Å². The fourth-order valence-electron chi connectivity index (χ4n) is 9.30. The molecule has 9 atom stereocenters. The standard InChI is InChI=1S/C29H50O/c1-7-21(19(2)3)9-8-20(4)25-12-13-26-24-11-10-22-18-23(30)14-16-28(22,5)27(24)15-17-29(25,26)6/h10,19-21,23-27,30H,7-9,11-18H2,1-6H3/t20-,21-,23+,24-,25+,26+,27-,28+,29-/m1/s1. The number of rotatable bonds is 6. The lowest BCUT2D eigenvalue weighted by atomic mass is 9.47. The Labute approximate surface area is 187 Å². The normalized spacial score (nSPS) is 45.3. The molecular formula is C29H50O. The molecule has 0 spiro atoms. The number of hydrogen-bond donors (Lipinski definition) is 1. The highest BCUT2D eigenvalue weighted by atomic mass is 16.3. The zero-order valence-corrected chi connectivity index (χ0v) is 20.9. The van der Waals surface area contributed by atoms with E-state index in [0.717, 1.165) is 54.3 Å². The average Bonchev–Trinajstić information content (AvgIpc) is 3.06. The SMILES string of the molecule is CC[C@H](CC[C@@H](C)[C@@H]1CC[C@H]2[C@H]3CC=C4C[C@@H](O)CC[C@]4(C)[C@@H]3CC[C@@]21C)C(C)C. The van der Waals surface area contributed by atoms with Crippen LogP contribution in [0.15, 0.2) is 11.6 Å². The minimum atomic E-state index is -0.0794. The smallest absolute Gasteiger partial charge is 0.0577 e. The van der Waals surface area contributed by atoms with Gasteiger partial charge in [0.15, 0.2) is 0 Å². The third-order valence-corrected chi connectivity index (χ3v) is 11.3. The van der Waals surface area contributed by atoms with E-state index in [-0.39, 0.29) is 6.10 Å². The lowest BCUT2D eigenvalue weighted by molar-refractivity contribution is -0.0575. The van der Waals surface area contributed by atoms with Crippen LogP contribution in [0, 0.1) is 52.3 Å². The summed E-state index contributed by atoms with van der Waals surface area (Å²) in [5, 5.41) is 10.2. The van der Waals surface area contributed by atoms with Gasteiger partial charge in [-0.1, -0.05) is 66.0 Å². The Morgan fingerprint density at radius 1 is 1.00 bits per heavy atom. The molecule has 0 bridgehead atoms. The lowest BCUT2D eigenvalue weighted by Gasteiger charge is -2.58. The summed E-state index contributed by atoms with van der Waals surface area (Å²) in [7, 11) is 0. The van der Waals surface area contributed by atoms with Crippen LogP contribution in [-0.2, 0) is 0 Å². The molecule has 30 heavy (non-hydrogen) atoms. The van der Waals surface area contributed by atoms with Crippen LogP contribution in [0.2, 0.25) is 0 Å². The molecule has 0 aromatic heterocycles. The molecule has 4 aliphatic rings. The van der Waals surface area contributed by atoms with Gasteiger partial charge in [-0.25, -0.2) is 0 Å². The van der Waals surface area contributed by atoms with E-state index >= 15 is 0 Å². The first-order chi connectivity index (χ1) is 14.2. The molecular weight excluding hydrogens is 364 g/mol. The van der Waals surface area contributed by atoms with Gasteiger partial charge in [-0.2, -0.15) is 0 Å². The fraction of sp³-hybridized carbons (Fsp3) is 0.931. The zero-order valence-electron chi connectivity index (χ0n) is 20.9. The molecule has 0 aromatic rings. The van der Waals surface area contributed by atoms with Gasteiger partial charge in [0.1, 0.15) is 0 Å². The summed E-state index contributed by atoms with van der Waals surface area (Å²) in [6.45, 7) is 15.1. The van der Waals surface area contributed by atoms with Crippen molar-refractivity contribution in [1.82, 2.24) is 0 Å². The maximum Gasteiger partial charge on any atom is 0.0577 e. The molecule has 0 saturated heterocycles. The number of allylic oxidation sites excluding steroid dienone is 1. The first-order valence-electron chi connectivity index (χ1n) is 13.6. The molecule has 1 heteroatoms. The van der Waals surface area contributed by atoms with Crippen molar-refractivity contribution >= 4 is 0 Å². The summed E-state index contributed by atoms with van der Waals surface area (Å²) < 4.78 is 0. The summed E-state index contributed by atoms with van der Waals surface area (Å²) in [6.07, 6.45) is 17.1. The highest BCUT2D eigenvalue weighted by molar-refractivity contribution is 5.25. The van der Waals surface area contributed by atoms with Crippen molar-refractivity contribution in [3.05, 3.63) is 11.6 Å². The Bertz CT molecular complexity index is 634. The van der Waals surface area contributed by atoms with E-state index in [2.05, 4.69) is 47.6 Å². The van der Waals surface area contributed by atoms with E-state index in [1.54, 1.807) is 5.57 Å². The van der Waals surface area contributed by atoms with Gasteiger partial charge in [0, 0.05) is 0 Å². The number of aliphatic hydroxyl groups is 1. The second-order valence-electron chi connectivity index (χ2n) is 12.9. The molecule has 3 saturated carbocycles. The van der Waals surface area contributed by atoms with Gasteiger partial charge in [-0.15, -0.1) is 0 Å². The Kier molecular flexibility index (Phi) is 6.53. The molecule has 0 aliphatic heterocycles. The molecule has 1 N–H and O–H groups in total. The van der Waals surface area contributed by atoms with Crippen LogP contribution in [0.4, 0.5) is 0 Å². The average molecular weight is 415 g/mol. The van der Waals surface area contributed by atoms with E-state index in [1.165, 1.54) is 57.8 Å². The maximum atomic E-state index is 10.2. The summed E-state index contributed by atoms with van der Waals surface area (Å²) in [4.78, 5) is 0. The van der Waals surface area contributed by atoms with E-state index in [1.807, 2.05) is 0 Å². The van der Waals surface area contributed by atoms with Gasteiger partial charge in [0.25, 0.3) is 0 Å². The second-order valence-corrected chi connectivity index (χ2v) is 12.9. The number of hydrogen-bond acceptors (Lipinski definition) is 1. The largest absolute Gasteiger partial charge is 0.393 e. The van der Waals surface area contributed by atoms with Crippen LogP contribution in [-0.4, -0.2) is 11.2 Å². The molecule has 0 heterocycles. The third kappa shape index (κ3) is 3.74. The van der Waals surface area contributed by atoms with Crippen molar-refractivity contribution in [2.24, 2.45) is 52.3 Å². The molecule has 0 radical (unpaired) electrons. The first kappa shape index (κ1) is 22.9. The Morgan fingerprint density at radius 3 is 2.47 bits per heavy atom. The van der Waals surface area contributed by atoms with Crippen molar-refractivity contribution in [3.63, 3.8) is 0 Å². The number of aliphatic hydroxyl groups excluding tert-OH is 1. The summed E-state index contributed by atoms with van der Waals surface area (Å²) in [6, 6.07) is 0. The molecule has 0 aromatic carbocycles. The van der Waals surface area contributed by atoms with Crippen LogP contribution < -0.4 is 0 Å². The molecule has 1 nitrogen and oxygen atoms in total. The van der Waals surface area contributed by atoms with Gasteiger partial charge in [0.05, 0.1) is 6.10 Å². The van der Waals surface area contributed by atoms with Crippen LogP contribution in [0.3, 0.4) is 0 Å². The van der Waals surface area contributed by atoms with E-state index in [4.69, 9.17) is 0 Å². The van der Waals surface area contributed by atoms with Crippen molar-refractivity contribution in [1.29, 1.82) is 0 Å². The van der Waals surface area contributed by atoms with E-state index < -0.39 is 0 Å². The third-order valence-electron chi connectivity index (χ3n) is 11.3. The van der Waals surface area contributed by atoms with Crippen LogP contribution in [0.5, 0.6) is 0 Å². The van der Waals surface area contributed by atoms with Crippen molar-refractivity contribution in [3.8, 4) is 0 Å². The van der Waals surface area contributed by atoms with Crippen LogP contribution >= 0.6 is 0 Å². The van der Waals surface area contributed by atoms with Gasteiger partial charge in [0.2, 0.25) is 0 Å².